The van der Waals surface area contributed by atoms with E-state index in [9.17, 15) is 9.59 Å². The lowest BCUT2D eigenvalue weighted by atomic mass is 9.95. The molecule has 2 amide bonds. The Morgan fingerprint density at radius 2 is 1.73 bits per heavy atom. The molecule has 0 heterocycles. The highest BCUT2D eigenvalue weighted by Crippen LogP contribution is 2.18. The fourth-order valence-corrected chi connectivity index (χ4v) is 3.12. The first-order valence-electron chi connectivity index (χ1n) is 9.09. The van der Waals surface area contributed by atoms with Crippen LogP contribution in [0.4, 0.5) is 5.69 Å². The molecule has 0 saturated heterocycles. The molecule has 0 aromatic heterocycles. The van der Waals surface area contributed by atoms with Crippen molar-refractivity contribution in [3.63, 3.8) is 0 Å². The average Bonchev–Trinajstić information content (AvgIpc) is 2.68. The van der Waals surface area contributed by atoms with Crippen molar-refractivity contribution in [2.75, 3.05) is 11.9 Å². The summed E-state index contributed by atoms with van der Waals surface area (Å²) in [6, 6.07) is 16.4. The summed E-state index contributed by atoms with van der Waals surface area (Å²) in [6.07, 6.45) is 5.67. The van der Waals surface area contributed by atoms with Crippen LogP contribution in [0, 0.1) is 0 Å². The van der Waals surface area contributed by atoms with E-state index in [1.54, 1.807) is 36.4 Å². The highest BCUT2D eigenvalue weighted by molar-refractivity contribution is 5.97. The first kappa shape index (κ1) is 18.0. The zero-order valence-electron chi connectivity index (χ0n) is 14.7. The van der Waals surface area contributed by atoms with Crippen molar-refractivity contribution in [2.45, 2.75) is 38.1 Å². The van der Waals surface area contributed by atoms with Crippen LogP contribution < -0.4 is 15.4 Å². The van der Waals surface area contributed by atoms with Gasteiger partial charge in [0.05, 0.1) is 0 Å². The number of anilines is 1. The summed E-state index contributed by atoms with van der Waals surface area (Å²) in [5, 5.41) is 5.85. The van der Waals surface area contributed by atoms with Gasteiger partial charge in [0.1, 0.15) is 5.75 Å². The van der Waals surface area contributed by atoms with Gasteiger partial charge in [-0.15, -0.1) is 0 Å². The first-order chi connectivity index (χ1) is 12.7. The molecule has 1 fully saturated rings. The molecule has 0 aliphatic heterocycles. The third-order valence-electron chi connectivity index (χ3n) is 4.46. The maximum atomic E-state index is 12.4. The molecule has 0 unspecified atom stereocenters. The van der Waals surface area contributed by atoms with Gasteiger partial charge in [0.25, 0.3) is 11.8 Å². The summed E-state index contributed by atoms with van der Waals surface area (Å²) in [4.78, 5) is 24.5. The molecule has 1 aliphatic rings. The second-order valence-electron chi connectivity index (χ2n) is 6.54. The van der Waals surface area contributed by atoms with Crippen LogP contribution in [0.2, 0.25) is 0 Å². The molecule has 0 spiro atoms. The van der Waals surface area contributed by atoms with Crippen LogP contribution in [-0.2, 0) is 4.79 Å². The van der Waals surface area contributed by atoms with Crippen molar-refractivity contribution in [3.05, 3.63) is 60.2 Å². The van der Waals surface area contributed by atoms with Crippen LogP contribution >= 0.6 is 0 Å². The molecule has 136 valence electrons. The standard InChI is InChI=1S/C21H24N2O3/c24-20(15-26-19-12-5-2-6-13-19)22-18-11-7-8-16(14-18)21(25)23-17-9-3-1-4-10-17/h2,5-8,11-14,17H,1,3-4,9-10,15H2,(H,22,24)(H,23,25). The quantitative estimate of drug-likeness (QED) is 0.832. The highest BCUT2D eigenvalue weighted by atomic mass is 16.5. The van der Waals surface area contributed by atoms with Gasteiger partial charge in [-0.05, 0) is 43.2 Å². The zero-order chi connectivity index (χ0) is 18.2. The fourth-order valence-electron chi connectivity index (χ4n) is 3.12. The van der Waals surface area contributed by atoms with Crippen LogP contribution in [-0.4, -0.2) is 24.5 Å². The van der Waals surface area contributed by atoms with Crippen LogP contribution in [0.1, 0.15) is 42.5 Å². The Morgan fingerprint density at radius 1 is 0.962 bits per heavy atom. The predicted octanol–water partition coefficient (Wildman–Crippen LogP) is 3.77. The van der Waals surface area contributed by atoms with Gasteiger partial charge in [-0.25, -0.2) is 0 Å². The highest BCUT2D eigenvalue weighted by Gasteiger charge is 2.17. The summed E-state index contributed by atoms with van der Waals surface area (Å²) >= 11 is 0. The number of para-hydroxylation sites is 1. The molecule has 5 nitrogen and oxygen atoms in total. The molecule has 2 aromatic carbocycles. The van der Waals surface area contributed by atoms with E-state index in [0.717, 1.165) is 12.8 Å². The number of rotatable bonds is 6. The zero-order valence-corrected chi connectivity index (χ0v) is 14.7. The molecular formula is C21H24N2O3. The average molecular weight is 352 g/mol. The summed E-state index contributed by atoms with van der Waals surface area (Å²) in [6.45, 7) is -0.0808. The number of carbonyl (C=O) groups excluding carboxylic acids is 2. The van der Waals surface area contributed by atoms with E-state index in [1.807, 2.05) is 18.2 Å². The third kappa shape index (κ3) is 5.34. The van der Waals surface area contributed by atoms with E-state index < -0.39 is 0 Å². The Labute approximate surface area is 153 Å². The van der Waals surface area contributed by atoms with Gasteiger partial charge in [0.15, 0.2) is 6.61 Å². The van der Waals surface area contributed by atoms with Gasteiger partial charge >= 0.3 is 0 Å². The van der Waals surface area contributed by atoms with Gasteiger partial charge in [-0.2, -0.15) is 0 Å². The normalized spacial score (nSPS) is 14.5. The number of ether oxygens (including phenoxy) is 1. The molecule has 0 atom stereocenters. The topological polar surface area (TPSA) is 67.4 Å². The van der Waals surface area contributed by atoms with E-state index in [0.29, 0.717) is 17.0 Å². The maximum Gasteiger partial charge on any atom is 0.262 e. The molecule has 2 aromatic rings. The number of hydrogen-bond acceptors (Lipinski definition) is 3. The summed E-state index contributed by atoms with van der Waals surface area (Å²) in [5.41, 5.74) is 1.14. The SMILES string of the molecule is O=C(COc1ccccc1)Nc1cccc(C(=O)NC2CCCCC2)c1. The minimum Gasteiger partial charge on any atom is -0.484 e. The van der Waals surface area contributed by atoms with Crippen molar-refractivity contribution < 1.29 is 14.3 Å². The Bertz CT molecular complexity index is 740. The molecule has 3 rings (SSSR count). The fraction of sp³-hybridized carbons (Fsp3) is 0.333. The molecule has 1 saturated carbocycles. The Hall–Kier alpha value is -2.82. The lowest BCUT2D eigenvalue weighted by molar-refractivity contribution is -0.118. The molecule has 1 aliphatic carbocycles. The molecule has 0 radical (unpaired) electrons. The van der Waals surface area contributed by atoms with Crippen LogP contribution in [0.25, 0.3) is 0 Å². The summed E-state index contributed by atoms with van der Waals surface area (Å²) < 4.78 is 5.43. The molecule has 26 heavy (non-hydrogen) atoms. The van der Waals surface area contributed by atoms with Gasteiger partial charge in [-0.1, -0.05) is 43.5 Å². The van der Waals surface area contributed by atoms with Gasteiger partial charge in [-0.3, -0.25) is 9.59 Å². The van der Waals surface area contributed by atoms with Crippen molar-refractivity contribution >= 4 is 17.5 Å². The van der Waals surface area contributed by atoms with Gasteiger partial charge in [0.2, 0.25) is 0 Å². The molecule has 5 heteroatoms. The minimum atomic E-state index is -0.265. The van der Waals surface area contributed by atoms with Crippen molar-refractivity contribution in [1.29, 1.82) is 0 Å². The smallest absolute Gasteiger partial charge is 0.262 e. The molecule has 0 bridgehead atoms. The minimum absolute atomic E-state index is 0.0808. The monoisotopic (exact) mass is 352 g/mol. The second kappa shape index (κ2) is 9.04. The number of nitrogens with one attached hydrogen (secondary N) is 2. The number of carbonyl (C=O) groups is 2. The van der Waals surface area contributed by atoms with Gasteiger partial charge < -0.3 is 15.4 Å². The first-order valence-corrected chi connectivity index (χ1v) is 9.09. The predicted molar refractivity (Wildman–Crippen MR) is 101 cm³/mol. The summed E-state index contributed by atoms with van der Waals surface area (Å²) in [5.74, 6) is 0.287. The summed E-state index contributed by atoms with van der Waals surface area (Å²) in [7, 11) is 0. The van der Waals surface area contributed by atoms with E-state index >= 15 is 0 Å². The largest absolute Gasteiger partial charge is 0.484 e. The van der Waals surface area contributed by atoms with Crippen LogP contribution in [0.15, 0.2) is 54.6 Å². The second-order valence-corrected chi connectivity index (χ2v) is 6.54. The lowest BCUT2D eigenvalue weighted by Crippen LogP contribution is -2.36. The third-order valence-corrected chi connectivity index (χ3v) is 4.46. The molecule has 2 N–H and O–H groups in total. The van der Waals surface area contributed by atoms with E-state index in [4.69, 9.17) is 4.74 Å². The van der Waals surface area contributed by atoms with E-state index in [-0.39, 0.29) is 24.5 Å². The number of amides is 2. The van der Waals surface area contributed by atoms with Crippen LogP contribution in [0.5, 0.6) is 5.75 Å². The Balaban J connectivity index is 1.53. The Kier molecular flexibility index (Phi) is 6.25. The van der Waals surface area contributed by atoms with Crippen molar-refractivity contribution in [2.24, 2.45) is 0 Å². The van der Waals surface area contributed by atoms with E-state index in [1.165, 1.54) is 19.3 Å². The van der Waals surface area contributed by atoms with E-state index in [2.05, 4.69) is 10.6 Å². The maximum absolute atomic E-state index is 12.4. The van der Waals surface area contributed by atoms with Crippen molar-refractivity contribution in [3.8, 4) is 5.75 Å². The number of benzene rings is 2. The number of hydrogen-bond donors (Lipinski definition) is 2. The lowest BCUT2D eigenvalue weighted by Gasteiger charge is -2.22. The van der Waals surface area contributed by atoms with Crippen LogP contribution in [0.3, 0.4) is 0 Å². The van der Waals surface area contributed by atoms with Crippen molar-refractivity contribution in [1.82, 2.24) is 5.32 Å². The Morgan fingerprint density at radius 3 is 2.50 bits per heavy atom. The molecular weight excluding hydrogens is 328 g/mol. The van der Waals surface area contributed by atoms with Gasteiger partial charge in [0, 0.05) is 17.3 Å².